The van der Waals surface area contributed by atoms with Crippen molar-refractivity contribution in [2.75, 3.05) is 0 Å². The SMILES string of the molecule is Brc1cc(-c2nnc(I)o2)sc1Br. The molecule has 0 atom stereocenters. The van der Waals surface area contributed by atoms with E-state index in [1.54, 1.807) is 11.3 Å². The molecule has 0 fully saturated rings. The van der Waals surface area contributed by atoms with Gasteiger partial charge in [0.1, 0.15) is 0 Å². The topological polar surface area (TPSA) is 38.9 Å². The molecule has 0 spiro atoms. The van der Waals surface area contributed by atoms with Gasteiger partial charge in [0.2, 0.25) is 0 Å². The summed E-state index contributed by atoms with van der Waals surface area (Å²) in [5.41, 5.74) is 0. The highest BCUT2D eigenvalue weighted by Crippen LogP contribution is 2.37. The molecule has 0 bridgehead atoms. The van der Waals surface area contributed by atoms with Crippen LogP contribution in [0.5, 0.6) is 0 Å². The summed E-state index contributed by atoms with van der Waals surface area (Å²) >= 11 is 10.3. The van der Waals surface area contributed by atoms with Crippen molar-refractivity contribution in [3.05, 3.63) is 18.2 Å². The summed E-state index contributed by atoms with van der Waals surface area (Å²) in [4.78, 5) is 0.953. The quantitative estimate of drug-likeness (QED) is 0.637. The molecule has 68 valence electrons. The molecule has 0 aliphatic rings. The molecule has 0 aliphatic heterocycles. The monoisotopic (exact) mass is 434 g/mol. The van der Waals surface area contributed by atoms with Crippen molar-refractivity contribution < 1.29 is 4.42 Å². The van der Waals surface area contributed by atoms with Crippen LogP contribution in [0.1, 0.15) is 0 Å². The lowest BCUT2D eigenvalue weighted by molar-refractivity contribution is 0.538. The second kappa shape index (κ2) is 3.95. The Bertz CT molecular complexity index is 422. The zero-order valence-electron chi connectivity index (χ0n) is 5.92. The largest absolute Gasteiger partial charge is 0.411 e. The highest BCUT2D eigenvalue weighted by atomic mass is 127. The fourth-order valence-corrected chi connectivity index (χ4v) is 3.03. The van der Waals surface area contributed by atoms with Gasteiger partial charge >= 0.3 is 0 Å². The van der Waals surface area contributed by atoms with Crippen molar-refractivity contribution in [1.82, 2.24) is 10.2 Å². The number of hydrogen-bond acceptors (Lipinski definition) is 4. The van der Waals surface area contributed by atoms with Gasteiger partial charge < -0.3 is 4.42 Å². The third-order valence-corrected chi connectivity index (χ3v) is 4.94. The summed E-state index contributed by atoms with van der Waals surface area (Å²) in [6.45, 7) is 0. The van der Waals surface area contributed by atoms with E-state index >= 15 is 0 Å². The maximum atomic E-state index is 5.27. The van der Waals surface area contributed by atoms with Crippen molar-refractivity contribution in [3.8, 4) is 10.8 Å². The van der Waals surface area contributed by atoms with Crippen molar-refractivity contribution in [2.45, 2.75) is 0 Å². The molecule has 0 aliphatic carbocycles. The van der Waals surface area contributed by atoms with Gasteiger partial charge in [0.05, 0.1) is 8.66 Å². The summed E-state index contributed by atoms with van der Waals surface area (Å²) < 4.78 is 7.84. The van der Waals surface area contributed by atoms with E-state index in [1.165, 1.54) is 0 Å². The Morgan fingerprint density at radius 2 is 2.15 bits per heavy atom. The van der Waals surface area contributed by atoms with Gasteiger partial charge in [-0.05, 0) is 37.9 Å². The first-order valence-electron chi connectivity index (χ1n) is 3.11. The van der Waals surface area contributed by atoms with Crippen LogP contribution in [0.4, 0.5) is 0 Å². The van der Waals surface area contributed by atoms with Crippen LogP contribution in [0.15, 0.2) is 18.7 Å². The van der Waals surface area contributed by atoms with E-state index < -0.39 is 0 Å². The fraction of sp³-hybridized carbons (Fsp3) is 0. The van der Waals surface area contributed by atoms with E-state index in [9.17, 15) is 0 Å². The molecular weight excluding hydrogens is 435 g/mol. The first-order valence-corrected chi connectivity index (χ1v) is 6.59. The molecule has 3 nitrogen and oxygen atoms in total. The molecule has 0 amide bonds. The first-order chi connectivity index (χ1) is 6.16. The number of aromatic nitrogens is 2. The zero-order valence-corrected chi connectivity index (χ0v) is 12.1. The maximum Gasteiger partial charge on any atom is 0.278 e. The average Bonchev–Trinajstić information content (AvgIpc) is 2.61. The first kappa shape index (κ1) is 10.1. The number of thiophene rings is 1. The molecule has 2 aromatic rings. The minimum Gasteiger partial charge on any atom is -0.411 e. The number of nitrogens with zero attached hydrogens (tertiary/aromatic N) is 2. The van der Waals surface area contributed by atoms with Crippen molar-refractivity contribution in [2.24, 2.45) is 0 Å². The molecular formula is C6HBr2IN2OS. The molecule has 2 aromatic heterocycles. The van der Waals surface area contributed by atoms with Crippen LogP contribution in [0.25, 0.3) is 10.8 Å². The molecule has 0 N–H and O–H groups in total. The van der Waals surface area contributed by atoms with Gasteiger partial charge in [0.15, 0.2) is 0 Å². The Hall–Kier alpha value is 0.530. The average molecular weight is 436 g/mol. The molecule has 0 saturated heterocycles. The van der Waals surface area contributed by atoms with E-state index in [0.717, 1.165) is 13.1 Å². The smallest absolute Gasteiger partial charge is 0.278 e. The Morgan fingerprint density at radius 1 is 1.38 bits per heavy atom. The van der Waals surface area contributed by atoms with E-state index in [1.807, 2.05) is 28.7 Å². The van der Waals surface area contributed by atoms with Gasteiger partial charge in [0, 0.05) is 27.1 Å². The fourth-order valence-electron chi connectivity index (χ4n) is 0.757. The van der Waals surface area contributed by atoms with Crippen LogP contribution in [0.2, 0.25) is 0 Å². The highest BCUT2D eigenvalue weighted by Gasteiger charge is 2.11. The molecule has 0 saturated carbocycles. The maximum absolute atomic E-state index is 5.27. The lowest BCUT2D eigenvalue weighted by Gasteiger charge is -1.82. The van der Waals surface area contributed by atoms with Crippen LogP contribution in [0, 0.1) is 3.90 Å². The summed E-state index contributed by atoms with van der Waals surface area (Å²) in [6, 6.07) is 1.94. The summed E-state index contributed by atoms with van der Waals surface area (Å²) in [6.07, 6.45) is 0. The van der Waals surface area contributed by atoms with Gasteiger partial charge in [-0.1, -0.05) is 0 Å². The molecule has 2 rings (SSSR count). The normalized spacial score (nSPS) is 10.7. The van der Waals surface area contributed by atoms with E-state index in [4.69, 9.17) is 4.42 Å². The summed E-state index contributed by atoms with van der Waals surface area (Å²) in [5.74, 6) is 0.556. The lowest BCUT2D eigenvalue weighted by Crippen LogP contribution is -1.70. The Morgan fingerprint density at radius 3 is 2.62 bits per heavy atom. The predicted octanol–water partition coefficient (Wildman–Crippen LogP) is 3.93. The number of rotatable bonds is 1. The van der Waals surface area contributed by atoms with Crippen molar-refractivity contribution in [3.63, 3.8) is 0 Å². The minimum absolute atomic E-state index is 0.549. The predicted molar refractivity (Wildman–Crippen MR) is 65.7 cm³/mol. The van der Waals surface area contributed by atoms with E-state index in [2.05, 4.69) is 42.1 Å². The lowest BCUT2D eigenvalue weighted by atomic mass is 10.5. The Balaban J connectivity index is 2.46. The Kier molecular flexibility index (Phi) is 3.06. The molecule has 2 heterocycles. The van der Waals surface area contributed by atoms with Crippen LogP contribution in [-0.4, -0.2) is 10.2 Å². The van der Waals surface area contributed by atoms with Gasteiger partial charge in [-0.15, -0.1) is 21.5 Å². The van der Waals surface area contributed by atoms with E-state index in [-0.39, 0.29) is 0 Å². The highest BCUT2D eigenvalue weighted by molar-refractivity contribution is 14.1. The molecule has 0 unspecified atom stereocenters. The second-order valence-electron chi connectivity index (χ2n) is 2.09. The molecule has 0 aromatic carbocycles. The van der Waals surface area contributed by atoms with Crippen LogP contribution >= 0.6 is 65.8 Å². The van der Waals surface area contributed by atoms with Crippen LogP contribution < -0.4 is 0 Å². The zero-order chi connectivity index (χ0) is 9.42. The van der Waals surface area contributed by atoms with Gasteiger partial charge in [-0.3, -0.25) is 0 Å². The molecule has 7 heteroatoms. The van der Waals surface area contributed by atoms with Crippen molar-refractivity contribution in [1.29, 1.82) is 0 Å². The summed E-state index contributed by atoms with van der Waals surface area (Å²) in [7, 11) is 0. The number of hydrogen-bond donors (Lipinski definition) is 0. The van der Waals surface area contributed by atoms with E-state index in [0.29, 0.717) is 9.79 Å². The van der Waals surface area contributed by atoms with Gasteiger partial charge in [-0.2, -0.15) is 0 Å². The number of halogens is 3. The van der Waals surface area contributed by atoms with Crippen LogP contribution in [0.3, 0.4) is 0 Å². The van der Waals surface area contributed by atoms with Crippen LogP contribution in [-0.2, 0) is 0 Å². The van der Waals surface area contributed by atoms with Gasteiger partial charge in [0.25, 0.3) is 9.79 Å². The van der Waals surface area contributed by atoms with Crippen molar-refractivity contribution >= 4 is 65.8 Å². The molecule has 13 heavy (non-hydrogen) atoms. The van der Waals surface area contributed by atoms with Gasteiger partial charge in [-0.25, -0.2) is 0 Å². The second-order valence-corrected chi connectivity index (χ2v) is 6.24. The minimum atomic E-state index is 0.549. The third-order valence-electron chi connectivity index (χ3n) is 1.26. The summed E-state index contributed by atoms with van der Waals surface area (Å²) in [5, 5.41) is 7.66. The Labute approximate surface area is 108 Å². The third kappa shape index (κ3) is 2.13. The molecule has 0 radical (unpaired) electrons. The standard InChI is InChI=1S/C6HBr2IN2OS/c7-2-1-3(13-4(2)8)5-10-11-6(9)12-5/h1H.